The normalized spacial score (nSPS) is 13.2. The molecule has 4 rings (SSSR count). The molecule has 3 heteroatoms. The summed E-state index contributed by atoms with van der Waals surface area (Å²) in [7, 11) is 0.529. The summed E-state index contributed by atoms with van der Waals surface area (Å²) in [6.45, 7) is 7.32. The third-order valence-electron chi connectivity index (χ3n) is 4.66. The Morgan fingerprint density at radius 2 is 1.87 bits per heavy atom. The van der Waals surface area contributed by atoms with Gasteiger partial charge in [-0.05, 0) is 29.3 Å². The smallest absolute Gasteiger partial charge is 0.119 e. The van der Waals surface area contributed by atoms with Crippen LogP contribution in [-0.2, 0) is 12.6 Å². The van der Waals surface area contributed by atoms with Gasteiger partial charge in [0.05, 0.1) is 7.11 Å². The Balaban J connectivity index is 2.03. The Hall–Kier alpha value is -2.00. The molecule has 23 heavy (non-hydrogen) atoms. The summed E-state index contributed by atoms with van der Waals surface area (Å²) in [5, 5.41) is 1.34. The van der Waals surface area contributed by atoms with Crippen molar-refractivity contribution in [2.75, 3.05) is 7.11 Å². The van der Waals surface area contributed by atoms with Crippen molar-refractivity contribution in [1.29, 1.82) is 0 Å². The minimum atomic E-state index is -1.22. The van der Waals surface area contributed by atoms with E-state index in [0.29, 0.717) is 0 Å². The lowest BCUT2D eigenvalue weighted by Crippen LogP contribution is -2.28. The molecular formula is C20H23NOSi-. The number of nitrogens with zero attached hydrogens (tertiary/aromatic N) is 1. The average molecular weight is 321 g/mol. The van der Waals surface area contributed by atoms with Gasteiger partial charge in [0, 0.05) is 28.6 Å². The SMILES string of the molecule is COc1ccc2c(c1)c1c(n2C[Si-](C)(C)C)Cc2ccccc2-1. The largest absolute Gasteiger partial charge is 0.497 e. The molecule has 1 aliphatic carbocycles. The van der Waals surface area contributed by atoms with Crippen molar-refractivity contribution in [3.8, 4) is 16.9 Å². The Morgan fingerprint density at radius 1 is 1.09 bits per heavy atom. The molecular weight excluding hydrogens is 298 g/mol. The first-order valence-corrected chi connectivity index (χ1v) is 12.0. The zero-order valence-corrected chi connectivity index (χ0v) is 15.3. The Labute approximate surface area is 138 Å². The fourth-order valence-corrected chi connectivity index (χ4v) is 5.06. The predicted octanol–water partition coefficient (Wildman–Crippen LogP) is 5.10. The van der Waals surface area contributed by atoms with E-state index in [1.54, 1.807) is 7.11 Å². The maximum absolute atomic E-state index is 5.48. The van der Waals surface area contributed by atoms with Crippen LogP contribution in [0.5, 0.6) is 5.75 Å². The van der Waals surface area contributed by atoms with Crippen LogP contribution in [0.4, 0.5) is 0 Å². The molecule has 1 aliphatic rings. The molecule has 0 bridgehead atoms. The van der Waals surface area contributed by atoms with E-state index in [1.165, 1.54) is 39.5 Å². The van der Waals surface area contributed by atoms with Gasteiger partial charge in [-0.3, -0.25) is 0 Å². The van der Waals surface area contributed by atoms with Gasteiger partial charge >= 0.3 is 0 Å². The first-order chi connectivity index (χ1) is 11.0. The Bertz CT molecular complexity index is 902. The highest BCUT2D eigenvalue weighted by atomic mass is 28.3. The van der Waals surface area contributed by atoms with Gasteiger partial charge in [0.1, 0.15) is 5.75 Å². The van der Waals surface area contributed by atoms with E-state index in [-0.39, 0.29) is 0 Å². The molecule has 0 unspecified atom stereocenters. The second kappa shape index (κ2) is 5.00. The summed E-state index contributed by atoms with van der Waals surface area (Å²) in [6.07, 6.45) is 2.21. The molecule has 0 spiro atoms. The molecule has 119 valence electrons. The number of rotatable bonds is 3. The van der Waals surface area contributed by atoms with Crippen molar-refractivity contribution in [3.63, 3.8) is 0 Å². The molecule has 2 nitrogen and oxygen atoms in total. The minimum absolute atomic E-state index is 0.940. The fraction of sp³-hybridized carbons (Fsp3) is 0.300. The van der Waals surface area contributed by atoms with Crippen LogP contribution in [0.25, 0.3) is 22.0 Å². The third-order valence-corrected chi connectivity index (χ3v) is 5.92. The second-order valence-corrected chi connectivity index (χ2v) is 13.1. The van der Waals surface area contributed by atoms with E-state index in [0.717, 1.165) is 12.2 Å². The molecule has 0 atom stereocenters. The zero-order chi connectivity index (χ0) is 16.2. The van der Waals surface area contributed by atoms with Crippen molar-refractivity contribution < 1.29 is 4.74 Å². The van der Waals surface area contributed by atoms with Crippen LogP contribution < -0.4 is 4.74 Å². The van der Waals surface area contributed by atoms with Crippen LogP contribution in [0.2, 0.25) is 19.6 Å². The molecule has 2 aromatic carbocycles. The molecule has 1 heterocycles. The standard InChI is InChI=1S/C20H23NOSi/c1-22-15-9-10-18-17(12-15)20-16-8-6-5-7-14(16)11-19(20)21(18)13-23(2,3)4/h5-10,12H,11,13H2,1-4H3/q-1. The van der Waals surface area contributed by atoms with Crippen LogP contribution in [0.15, 0.2) is 42.5 Å². The first-order valence-electron chi connectivity index (χ1n) is 8.25. The summed E-state index contributed by atoms with van der Waals surface area (Å²) in [5.41, 5.74) is 7.11. The number of methoxy groups -OCH3 is 1. The summed E-state index contributed by atoms with van der Waals surface area (Å²) in [5.74, 6) is 0.940. The van der Waals surface area contributed by atoms with Crippen LogP contribution in [0.1, 0.15) is 11.3 Å². The van der Waals surface area contributed by atoms with Gasteiger partial charge in [-0.15, -0.1) is 8.07 Å². The fourth-order valence-electron chi connectivity index (χ4n) is 3.75. The number of hydrogen-bond donors (Lipinski definition) is 0. The van der Waals surface area contributed by atoms with Crippen molar-refractivity contribution >= 4 is 19.0 Å². The average Bonchev–Trinajstić information content (AvgIpc) is 3.02. The van der Waals surface area contributed by atoms with Crippen LogP contribution >= 0.6 is 0 Å². The van der Waals surface area contributed by atoms with Crippen molar-refractivity contribution in [2.24, 2.45) is 0 Å². The van der Waals surface area contributed by atoms with E-state index < -0.39 is 8.07 Å². The highest BCUT2D eigenvalue weighted by Crippen LogP contribution is 2.44. The van der Waals surface area contributed by atoms with E-state index in [9.17, 15) is 0 Å². The minimum Gasteiger partial charge on any atom is -0.497 e. The van der Waals surface area contributed by atoms with Crippen LogP contribution in [0, 0.1) is 0 Å². The summed E-state index contributed by atoms with van der Waals surface area (Å²) >= 11 is 0. The van der Waals surface area contributed by atoms with Crippen molar-refractivity contribution in [1.82, 2.24) is 4.57 Å². The van der Waals surface area contributed by atoms with Gasteiger partial charge in [-0.25, -0.2) is 0 Å². The van der Waals surface area contributed by atoms with Crippen molar-refractivity contribution in [3.05, 3.63) is 53.7 Å². The van der Waals surface area contributed by atoms with Crippen LogP contribution in [-0.4, -0.2) is 19.8 Å². The van der Waals surface area contributed by atoms with Gasteiger partial charge in [0.2, 0.25) is 0 Å². The number of aromatic nitrogens is 1. The maximum Gasteiger partial charge on any atom is 0.119 e. The summed E-state index contributed by atoms with van der Waals surface area (Å²) in [6, 6.07) is 15.3. The zero-order valence-electron chi connectivity index (χ0n) is 14.3. The maximum atomic E-state index is 5.48. The van der Waals surface area contributed by atoms with E-state index >= 15 is 0 Å². The Kier molecular flexibility index (Phi) is 3.17. The number of benzene rings is 2. The molecule has 1 aromatic heterocycles. The molecule has 0 fully saturated rings. The molecule has 0 saturated carbocycles. The molecule has 0 amide bonds. The summed E-state index contributed by atoms with van der Waals surface area (Å²) < 4.78 is 8.06. The first kappa shape index (κ1) is 14.6. The monoisotopic (exact) mass is 321 g/mol. The topological polar surface area (TPSA) is 14.2 Å². The lowest BCUT2D eigenvalue weighted by atomic mass is 10.0. The molecule has 0 aliphatic heterocycles. The molecule has 0 N–H and O–H groups in total. The second-order valence-electron chi connectivity index (χ2n) is 7.69. The lowest BCUT2D eigenvalue weighted by Gasteiger charge is -2.30. The van der Waals surface area contributed by atoms with E-state index in [1.807, 2.05) is 0 Å². The summed E-state index contributed by atoms with van der Waals surface area (Å²) in [4.78, 5) is 0. The number of hydrogen-bond acceptors (Lipinski definition) is 1. The number of fused-ring (bicyclic) bond motifs is 5. The molecule has 3 aromatic rings. The highest BCUT2D eigenvalue weighted by molar-refractivity contribution is 6.75. The van der Waals surface area contributed by atoms with Crippen molar-refractivity contribution in [2.45, 2.75) is 32.2 Å². The quantitative estimate of drug-likeness (QED) is 0.479. The van der Waals surface area contributed by atoms with Gasteiger partial charge in [0.25, 0.3) is 0 Å². The van der Waals surface area contributed by atoms with E-state index in [2.05, 4.69) is 66.7 Å². The number of ether oxygens (including phenoxy) is 1. The van der Waals surface area contributed by atoms with Gasteiger partial charge < -0.3 is 9.30 Å². The van der Waals surface area contributed by atoms with Gasteiger partial charge in [-0.2, -0.15) is 19.6 Å². The predicted molar refractivity (Wildman–Crippen MR) is 100 cm³/mol. The van der Waals surface area contributed by atoms with Gasteiger partial charge in [-0.1, -0.05) is 30.4 Å². The van der Waals surface area contributed by atoms with Crippen LogP contribution in [0.3, 0.4) is 0 Å². The van der Waals surface area contributed by atoms with E-state index in [4.69, 9.17) is 4.74 Å². The Morgan fingerprint density at radius 3 is 2.61 bits per heavy atom. The highest BCUT2D eigenvalue weighted by Gasteiger charge is 2.26. The molecule has 0 radical (unpaired) electrons. The van der Waals surface area contributed by atoms with Gasteiger partial charge in [0.15, 0.2) is 0 Å². The molecule has 0 saturated heterocycles. The third kappa shape index (κ3) is 2.31. The lowest BCUT2D eigenvalue weighted by molar-refractivity contribution is 0.415.